The summed E-state index contributed by atoms with van der Waals surface area (Å²) in [5.74, 6) is -0.208. The number of aromatic hydroxyl groups is 1. The van der Waals surface area contributed by atoms with Gasteiger partial charge in [-0.3, -0.25) is 4.79 Å². The molecule has 0 unspecified atom stereocenters. The van der Waals surface area contributed by atoms with Crippen molar-refractivity contribution in [3.8, 4) is 5.75 Å². The maximum atomic E-state index is 10.5. The Kier molecular flexibility index (Phi) is 2.96. The zero-order valence-corrected chi connectivity index (χ0v) is 6.26. The summed E-state index contributed by atoms with van der Waals surface area (Å²) < 4.78 is 1.61. The summed E-state index contributed by atoms with van der Waals surface area (Å²) in [6, 6.07) is 1.31. The molecule has 0 aromatic carbocycles. The number of hydrogen-bond acceptors (Lipinski definition) is 2. The van der Waals surface area contributed by atoms with Gasteiger partial charge in [0.25, 0.3) is 0 Å². The van der Waals surface area contributed by atoms with Gasteiger partial charge in [-0.2, -0.15) is 0 Å². The van der Waals surface area contributed by atoms with Gasteiger partial charge in [-0.25, -0.2) is 0 Å². The van der Waals surface area contributed by atoms with E-state index in [9.17, 15) is 4.79 Å². The fourth-order valence-corrected chi connectivity index (χ4v) is 0.570. The van der Waals surface area contributed by atoms with E-state index in [1.54, 1.807) is 17.8 Å². The average Bonchev–Trinajstić information content (AvgIpc) is 1.80. The second kappa shape index (κ2) is 3.27. The zero-order chi connectivity index (χ0) is 6.85. The number of rotatable bonds is 0. The summed E-state index contributed by atoms with van der Waals surface area (Å²) >= 11 is 0. The minimum Gasteiger partial charge on any atom is -0.503 e. The van der Waals surface area contributed by atoms with Gasteiger partial charge in [-0.15, -0.1) is 12.4 Å². The van der Waals surface area contributed by atoms with Crippen molar-refractivity contribution in [2.75, 3.05) is 0 Å². The highest BCUT2D eigenvalue weighted by atomic mass is 35.5. The van der Waals surface area contributed by atoms with Crippen LogP contribution in [0.15, 0.2) is 23.3 Å². The van der Waals surface area contributed by atoms with Crippen molar-refractivity contribution in [1.29, 1.82) is 0 Å². The van der Waals surface area contributed by atoms with E-state index < -0.39 is 0 Å². The molecule has 1 aromatic rings. The topological polar surface area (TPSA) is 42.2 Å². The van der Waals surface area contributed by atoms with Gasteiger partial charge in [0, 0.05) is 25.5 Å². The van der Waals surface area contributed by atoms with Gasteiger partial charge in [0.15, 0.2) is 5.75 Å². The van der Waals surface area contributed by atoms with Crippen LogP contribution in [0.5, 0.6) is 5.75 Å². The summed E-state index contributed by atoms with van der Waals surface area (Å²) in [5.41, 5.74) is -0.340. The van der Waals surface area contributed by atoms with Crippen molar-refractivity contribution in [2.45, 2.75) is 0 Å². The van der Waals surface area contributed by atoms with Crippen LogP contribution in [0.3, 0.4) is 0 Å². The Bertz CT molecular complexity index is 269. The van der Waals surface area contributed by atoms with E-state index in [1.807, 2.05) is 0 Å². The molecule has 3 nitrogen and oxygen atoms in total. The molecule has 0 aliphatic rings. The molecule has 0 aliphatic heterocycles. The first-order valence-electron chi connectivity index (χ1n) is 2.55. The molecule has 0 atom stereocenters. The predicted molar refractivity (Wildman–Crippen MR) is 40.6 cm³/mol. The van der Waals surface area contributed by atoms with E-state index in [0.29, 0.717) is 0 Å². The van der Waals surface area contributed by atoms with Crippen molar-refractivity contribution in [1.82, 2.24) is 4.57 Å². The third-order valence-electron chi connectivity index (χ3n) is 1.04. The summed E-state index contributed by atoms with van der Waals surface area (Å²) in [5, 5.41) is 8.77. The molecule has 0 radical (unpaired) electrons. The van der Waals surface area contributed by atoms with Gasteiger partial charge in [-0.1, -0.05) is 0 Å². The van der Waals surface area contributed by atoms with Crippen LogP contribution in [0.25, 0.3) is 0 Å². The van der Waals surface area contributed by atoms with Crippen LogP contribution >= 0.6 is 12.4 Å². The van der Waals surface area contributed by atoms with E-state index >= 15 is 0 Å². The van der Waals surface area contributed by atoms with Crippen LogP contribution in [0.1, 0.15) is 0 Å². The second-order valence-electron chi connectivity index (χ2n) is 1.86. The Morgan fingerprint density at radius 3 is 2.60 bits per heavy atom. The highest BCUT2D eigenvalue weighted by Gasteiger charge is 1.91. The number of halogens is 1. The molecule has 56 valence electrons. The van der Waals surface area contributed by atoms with E-state index in [2.05, 4.69) is 0 Å². The van der Waals surface area contributed by atoms with Crippen LogP contribution < -0.4 is 5.43 Å². The molecule has 0 spiro atoms. The zero-order valence-electron chi connectivity index (χ0n) is 5.44. The predicted octanol–water partition coefficient (Wildman–Crippen LogP) is 0.513. The summed E-state index contributed by atoms with van der Waals surface area (Å²) in [7, 11) is 1.74. The monoisotopic (exact) mass is 161 g/mol. The van der Waals surface area contributed by atoms with E-state index in [-0.39, 0.29) is 23.6 Å². The van der Waals surface area contributed by atoms with Gasteiger partial charge in [0.2, 0.25) is 5.43 Å². The van der Waals surface area contributed by atoms with Crippen molar-refractivity contribution < 1.29 is 5.11 Å². The molecular formula is C6H8ClNO2. The van der Waals surface area contributed by atoms with Crippen LogP contribution in [0.4, 0.5) is 0 Å². The molecule has 1 rings (SSSR count). The molecule has 4 heteroatoms. The Morgan fingerprint density at radius 2 is 2.20 bits per heavy atom. The third-order valence-corrected chi connectivity index (χ3v) is 1.04. The van der Waals surface area contributed by atoms with Gasteiger partial charge in [0.05, 0.1) is 0 Å². The molecule has 0 amide bonds. The quantitative estimate of drug-likeness (QED) is 0.603. The van der Waals surface area contributed by atoms with Gasteiger partial charge < -0.3 is 9.67 Å². The number of aryl methyl sites for hydroxylation is 1. The maximum Gasteiger partial charge on any atom is 0.223 e. The van der Waals surface area contributed by atoms with E-state index in [1.165, 1.54) is 12.3 Å². The Hall–Kier alpha value is -0.960. The first kappa shape index (κ1) is 9.04. The smallest absolute Gasteiger partial charge is 0.223 e. The van der Waals surface area contributed by atoms with E-state index in [4.69, 9.17) is 5.11 Å². The fourth-order valence-electron chi connectivity index (χ4n) is 0.570. The normalized spacial score (nSPS) is 8.50. The standard InChI is InChI=1S/C6H7NO2.ClH/c1-7-3-2-5(8)6(9)4-7;/h2-4,9H,1H3;1H. The van der Waals surface area contributed by atoms with Gasteiger partial charge in [0.1, 0.15) is 0 Å². The highest BCUT2D eigenvalue weighted by molar-refractivity contribution is 5.85. The second-order valence-corrected chi connectivity index (χ2v) is 1.86. The molecule has 0 fully saturated rings. The lowest BCUT2D eigenvalue weighted by Gasteiger charge is -1.94. The molecule has 0 aliphatic carbocycles. The summed E-state index contributed by atoms with van der Waals surface area (Å²) in [6.07, 6.45) is 2.95. The SMILES string of the molecule is Cl.Cn1ccc(=O)c(O)c1. The average molecular weight is 162 g/mol. The summed E-state index contributed by atoms with van der Waals surface area (Å²) in [4.78, 5) is 10.5. The molecule has 0 saturated carbocycles. The fraction of sp³-hybridized carbons (Fsp3) is 0.167. The van der Waals surface area contributed by atoms with Crippen molar-refractivity contribution >= 4 is 12.4 Å². The highest BCUT2D eigenvalue weighted by Crippen LogP contribution is 1.94. The molecule has 1 aromatic heterocycles. The maximum absolute atomic E-state index is 10.5. The first-order valence-corrected chi connectivity index (χ1v) is 2.55. The minimum absolute atomic E-state index is 0. The minimum atomic E-state index is -0.340. The first-order chi connectivity index (χ1) is 4.20. The van der Waals surface area contributed by atoms with Crippen LogP contribution in [-0.4, -0.2) is 9.67 Å². The van der Waals surface area contributed by atoms with Crippen LogP contribution in [-0.2, 0) is 7.05 Å². The molecular weight excluding hydrogens is 154 g/mol. The third kappa shape index (κ3) is 1.77. The molecule has 10 heavy (non-hydrogen) atoms. The van der Waals surface area contributed by atoms with Gasteiger partial charge in [-0.05, 0) is 0 Å². The van der Waals surface area contributed by atoms with Crippen molar-refractivity contribution in [3.05, 3.63) is 28.7 Å². The summed E-state index contributed by atoms with van der Waals surface area (Å²) in [6.45, 7) is 0. The lowest BCUT2D eigenvalue weighted by Crippen LogP contribution is -2.00. The number of nitrogens with zero attached hydrogens (tertiary/aromatic N) is 1. The number of hydrogen-bond donors (Lipinski definition) is 1. The van der Waals surface area contributed by atoms with Crippen LogP contribution in [0, 0.1) is 0 Å². The molecule has 1 N–H and O–H groups in total. The van der Waals surface area contributed by atoms with Crippen molar-refractivity contribution in [3.63, 3.8) is 0 Å². The van der Waals surface area contributed by atoms with E-state index in [0.717, 1.165) is 0 Å². The van der Waals surface area contributed by atoms with Crippen LogP contribution in [0.2, 0.25) is 0 Å². The molecule has 0 bridgehead atoms. The Balaban J connectivity index is 0.000000810. The Labute approximate surface area is 64.3 Å². The Morgan fingerprint density at radius 1 is 1.60 bits per heavy atom. The molecule has 0 saturated heterocycles. The number of aromatic nitrogens is 1. The lowest BCUT2D eigenvalue weighted by atomic mass is 10.4. The molecule has 1 heterocycles. The largest absolute Gasteiger partial charge is 0.503 e. The lowest BCUT2D eigenvalue weighted by molar-refractivity contribution is 0.463. The van der Waals surface area contributed by atoms with Crippen molar-refractivity contribution in [2.24, 2.45) is 7.05 Å². The van der Waals surface area contributed by atoms with Gasteiger partial charge >= 0.3 is 0 Å². The number of pyridine rings is 1.